The lowest BCUT2D eigenvalue weighted by atomic mass is 10.1. The molecule has 2 heterocycles. The van der Waals surface area contributed by atoms with Crippen LogP contribution in [0.15, 0.2) is 34.9 Å². The van der Waals surface area contributed by atoms with Gasteiger partial charge in [0.25, 0.3) is 5.89 Å². The maximum Gasteiger partial charge on any atom is 0.309 e. The highest BCUT2D eigenvalue weighted by Crippen LogP contribution is 2.17. The number of carboxylic acids is 1. The monoisotopic (exact) mass is 302 g/mol. The number of hydrogen-bond acceptors (Lipinski definition) is 6. The van der Waals surface area contributed by atoms with E-state index in [0.29, 0.717) is 31.3 Å². The Hall–Kier alpha value is -2.25. The predicted octanol–water partition coefficient (Wildman–Crippen LogP) is 0.843. The molecule has 1 fully saturated rings. The first kappa shape index (κ1) is 14.7. The quantitative estimate of drug-likeness (QED) is 0.864. The Balaban J connectivity index is 1.68. The lowest BCUT2D eigenvalue weighted by Gasteiger charge is -2.19. The number of carboxylic acid groups (broad SMARTS) is 1. The van der Waals surface area contributed by atoms with E-state index in [-0.39, 0.29) is 0 Å². The van der Waals surface area contributed by atoms with E-state index >= 15 is 0 Å². The molecular formula is C15H18N4O3. The number of nitrogens with one attached hydrogen (secondary N) is 1. The second-order valence-corrected chi connectivity index (χ2v) is 5.36. The molecule has 0 aliphatic carbocycles. The topological polar surface area (TPSA) is 91.5 Å². The molecule has 1 aromatic carbocycles. The second kappa shape index (κ2) is 6.67. The largest absolute Gasteiger partial charge is 0.481 e. The summed E-state index contributed by atoms with van der Waals surface area (Å²) >= 11 is 0. The van der Waals surface area contributed by atoms with Gasteiger partial charge in [0.1, 0.15) is 0 Å². The first-order valence-corrected chi connectivity index (χ1v) is 7.26. The minimum absolute atomic E-state index is 0.414. The molecule has 1 aromatic heterocycles. The van der Waals surface area contributed by atoms with Gasteiger partial charge in [-0.15, -0.1) is 0 Å². The smallest absolute Gasteiger partial charge is 0.309 e. The summed E-state index contributed by atoms with van der Waals surface area (Å²) in [6, 6.07) is 9.58. The molecule has 1 aliphatic heterocycles. The Morgan fingerprint density at radius 3 is 3.00 bits per heavy atom. The third kappa shape index (κ3) is 3.49. The molecule has 0 saturated carbocycles. The van der Waals surface area contributed by atoms with Crippen LogP contribution in [0.25, 0.3) is 11.5 Å². The lowest BCUT2D eigenvalue weighted by molar-refractivity contribution is -0.142. The van der Waals surface area contributed by atoms with E-state index in [1.54, 1.807) is 0 Å². The summed E-state index contributed by atoms with van der Waals surface area (Å²) in [7, 11) is 0. The third-order valence-electron chi connectivity index (χ3n) is 3.68. The Morgan fingerprint density at radius 2 is 2.23 bits per heavy atom. The predicted molar refractivity (Wildman–Crippen MR) is 79.0 cm³/mol. The van der Waals surface area contributed by atoms with Crippen molar-refractivity contribution in [1.82, 2.24) is 20.4 Å². The lowest BCUT2D eigenvalue weighted by Crippen LogP contribution is -2.33. The third-order valence-corrected chi connectivity index (χ3v) is 3.68. The Bertz CT molecular complexity index is 629. The van der Waals surface area contributed by atoms with Gasteiger partial charge in [-0.1, -0.05) is 23.4 Å². The second-order valence-electron chi connectivity index (χ2n) is 5.36. The van der Waals surface area contributed by atoms with Crippen molar-refractivity contribution in [2.24, 2.45) is 5.92 Å². The average Bonchev–Trinajstić information content (AvgIpc) is 2.86. The number of rotatable bonds is 4. The van der Waals surface area contributed by atoms with E-state index in [1.807, 2.05) is 35.2 Å². The zero-order valence-electron chi connectivity index (χ0n) is 12.1. The fourth-order valence-corrected chi connectivity index (χ4v) is 2.51. The summed E-state index contributed by atoms with van der Waals surface area (Å²) in [5.41, 5.74) is 0.877. The van der Waals surface area contributed by atoms with Gasteiger partial charge < -0.3 is 14.9 Å². The summed E-state index contributed by atoms with van der Waals surface area (Å²) in [4.78, 5) is 17.6. The van der Waals surface area contributed by atoms with Crippen LogP contribution < -0.4 is 5.32 Å². The Labute approximate surface area is 127 Å². The van der Waals surface area contributed by atoms with Crippen LogP contribution in [0.4, 0.5) is 0 Å². The fraction of sp³-hybridized carbons (Fsp3) is 0.400. The first-order chi connectivity index (χ1) is 10.7. The highest BCUT2D eigenvalue weighted by atomic mass is 16.5. The van der Waals surface area contributed by atoms with Crippen molar-refractivity contribution in [3.05, 3.63) is 36.2 Å². The van der Waals surface area contributed by atoms with Crippen LogP contribution in [-0.4, -0.2) is 52.3 Å². The maximum absolute atomic E-state index is 11.2. The summed E-state index contributed by atoms with van der Waals surface area (Å²) in [6.07, 6.45) is 0. The van der Waals surface area contributed by atoms with Crippen LogP contribution in [0.2, 0.25) is 0 Å². The molecule has 2 aromatic rings. The number of hydrogen-bond donors (Lipinski definition) is 2. The van der Waals surface area contributed by atoms with Gasteiger partial charge in [0.05, 0.1) is 12.5 Å². The average molecular weight is 302 g/mol. The van der Waals surface area contributed by atoms with Crippen molar-refractivity contribution in [2.75, 3.05) is 26.2 Å². The molecular weight excluding hydrogens is 284 g/mol. The fourth-order valence-electron chi connectivity index (χ4n) is 2.51. The van der Waals surface area contributed by atoms with E-state index in [4.69, 9.17) is 4.52 Å². The van der Waals surface area contributed by atoms with Gasteiger partial charge in [-0.3, -0.25) is 9.69 Å². The summed E-state index contributed by atoms with van der Waals surface area (Å²) in [5, 5.41) is 16.3. The van der Waals surface area contributed by atoms with Gasteiger partial charge in [0, 0.05) is 31.7 Å². The number of nitrogens with zero attached hydrogens (tertiary/aromatic N) is 3. The van der Waals surface area contributed by atoms with E-state index in [2.05, 4.69) is 15.5 Å². The van der Waals surface area contributed by atoms with Gasteiger partial charge in [0.15, 0.2) is 5.82 Å². The Kier molecular flexibility index (Phi) is 4.45. The van der Waals surface area contributed by atoms with E-state index in [0.717, 1.165) is 18.7 Å². The zero-order valence-corrected chi connectivity index (χ0v) is 12.1. The van der Waals surface area contributed by atoms with Gasteiger partial charge in [-0.05, 0) is 12.1 Å². The highest BCUT2D eigenvalue weighted by molar-refractivity contribution is 5.70. The van der Waals surface area contributed by atoms with Crippen molar-refractivity contribution in [3.8, 4) is 11.5 Å². The van der Waals surface area contributed by atoms with Crippen molar-refractivity contribution in [2.45, 2.75) is 6.54 Å². The summed E-state index contributed by atoms with van der Waals surface area (Å²) in [5.74, 6) is -0.135. The van der Waals surface area contributed by atoms with Crippen molar-refractivity contribution >= 4 is 5.97 Å². The van der Waals surface area contributed by atoms with E-state index < -0.39 is 11.9 Å². The van der Waals surface area contributed by atoms with Crippen LogP contribution in [-0.2, 0) is 11.3 Å². The maximum atomic E-state index is 11.2. The van der Waals surface area contributed by atoms with E-state index in [1.165, 1.54) is 0 Å². The number of aliphatic carboxylic acids is 1. The summed E-state index contributed by atoms with van der Waals surface area (Å²) < 4.78 is 5.28. The number of benzene rings is 1. The minimum Gasteiger partial charge on any atom is -0.481 e. The molecule has 1 unspecified atom stereocenters. The molecule has 0 amide bonds. The first-order valence-electron chi connectivity index (χ1n) is 7.26. The number of carbonyl (C=O) groups is 1. The standard InChI is InChI=1S/C15H18N4O3/c20-15(21)12-8-16-6-7-19(9-12)10-13-17-14(22-18-13)11-4-2-1-3-5-11/h1-5,12,16H,6-10H2,(H,20,21). The summed E-state index contributed by atoms with van der Waals surface area (Å²) in [6.45, 7) is 2.98. The van der Waals surface area contributed by atoms with Gasteiger partial charge in [0.2, 0.25) is 0 Å². The molecule has 1 saturated heterocycles. The van der Waals surface area contributed by atoms with Crippen LogP contribution in [0, 0.1) is 5.92 Å². The van der Waals surface area contributed by atoms with Crippen LogP contribution in [0.5, 0.6) is 0 Å². The molecule has 22 heavy (non-hydrogen) atoms. The molecule has 0 radical (unpaired) electrons. The molecule has 1 atom stereocenters. The zero-order chi connectivity index (χ0) is 15.4. The van der Waals surface area contributed by atoms with Crippen LogP contribution in [0.3, 0.4) is 0 Å². The molecule has 7 heteroatoms. The Morgan fingerprint density at radius 1 is 1.41 bits per heavy atom. The minimum atomic E-state index is -0.780. The highest BCUT2D eigenvalue weighted by Gasteiger charge is 2.24. The molecule has 3 rings (SSSR count). The van der Waals surface area contributed by atoms with Crippen LogP contribution >= 0.6 is 0 Å². The SMILES string of the molecule is O=C(O)C1CNCCN(Cc2noc(-c3ccccc3)n2)C1. The van der Waals surface area contributed by atoms with Gasteiger partial charge in [-0.25, -0.2) is 0 Å². The van der Waals surface area contributed by atoms with Gasteiger partial charge in [-0.2, -0.15) is 4.98 Å². The van der Waals surface area contributed by atoms with Crippen molar-refractivity contribution < 1.29 is 14.4 Å². The molecule has 0 bridgehead atoms. The molecule has 7 nitrogen and oxygen atoms in total. The normalized spacial score (nSPS) is 19.7. The molecule has 0 spiro atoms. The van der Waals surface area contributed by atoms with Crippen molar-refractivity contribution in [1.29, 1.82) is 0 Å². The molecule has 2 N–H and O–H groups in total. The number of aromatic nitrogens is 2. The van der Waals surface area contributed by atoms with E-state index in [9.17, 15) is 9.90 Å². The van der Waals surface area contributed by atoms with Crippen LogP contribution in [0.1, 0.15) is 5.82 Å². The van der Waals surface area contributed by atoms with Crippen molar-refractivity contribution in [3.63, 3.8) is 0 Å². The molecule has 116 valence electrons. The van der Waals surface area contributed by atoms with Gasteiger partial charge >= 0.3 is 5.97 Å². The molecule has 1 aliphatic rings.